The van der Waals surface area contributed by atoms with Crippen LogP contribution in [0, 0.1) is 17.8 Å². The van der Waals surface area contributed by atoms with Crippen LogP contribution < -0.4 is 0 Å². The standard InChI is InChI=1S/C25H48O4/c1-5-8-9-10-14-19-25(28,6-2)22-17-18-23(26)21(22)16-13-11-12-15-20(4)24(27)29-7-3/h20-23,26,28H,5-19H2,1-4H3/t20?,21-,22-,23?,25?/m1/s1. The first kappa shape index (κ1) is 26.4. The van der Waals surface area contributed by atoms with Crippen LogP contribution in [0.25, 0.3) is 0 Å². The van der Waals surface area contributed by atoms with Crippen LogP contribution in [-0.4, -0.2) is 34.5 Å². The SMILES string of the molecule is CCCCCCCC(O)(CC)[C@@H]1CCC(O)[C@@H]1CCCCCC(C)C(=O)OCC. The molecule has 3 unspecified atom stereocenters. The predicted octanol–water partition coefficient (Wildman–Crippen LogP) is 6.02. The number of aliphatic hydroxyl groups is 2. The molecule has 0 heterocycles. The van der Waals surface area contributed by atoms with Gasteiger partial charge in [-0.1, -0.05) is 72.1 Å². The van der Waals surface area contributed by atoms with Crippen LogP contribution >= 0.6 is 0 Å². The van der Waals surface area contributed by atoms with Crippen molar-refractivity contribution in [1.29, 1.82) is 0 Å². The van der Waals surface area contributed by atoms with E-state index in [1.165, 1.54) is 25.7 Å². The molecule has 0 bridgehead atoms. The largest absolute Gasteiger partial charge is 0.466 e. The number of rotatable bonds is 16. The zero-order valence-corrected chi connectivity index (χ0v) is 19.6. The van der Waals surface area contributed by atoms with Gasteiger partial charge in [0.05, 0.1) is 24.2 Å². The van der Waals surface area contributed by atoms with Crippen molar-refractivity contribution in [1.82, 2.24) is 0 Å². The number of hydrogen-bond acceptors (Lipinski definition) is 4. The molecular weight excluding hydrogens is 364 g/mol. The minimum Gasteiger partial charge on any atom is -0.466 e. The number of carbonyl (C=O) groups is 1. The fourth-order valence-electron chi connectivity index (χ4n) is 5.18. The Bertz CT molecular complexity index is 439. The number of esters is 1. The zero-order valence-electron chi connectivity index (χ0n) is 19.6. The topological polar surface area (TPSA) is 66.8 Å². The Morgan fingerprint density at radius 3 is 2.38 bits per heavy atom. The van der Waals surface area contributed by atoms with Crippen LogP contribution in [0.1, 0.15) is 118 Å². The van der Waals surface area contributed by atoms with Gasteiger partial charge >= 0.3 is 5.97 Å². The fraction of sp³-hybridized carbons (Fsp3) is 0.960. The number of aliphatic hydroxyl groups excluding tert-OH is 1. The van der Waals surface area contributed by atoms with Crippen molar-refractivity contribution in [2.45, 2.75) is 129 Å². The Morgan fingerprint density at radius 1 is 1.03 bits per heavy atom. The van der Waals surface area contributed by atoms with Gasteiger partial charge in [-0.05, 0) is 57.3 Å². The summed E-state index contributed by atoms with van der Waals surface area (Å²) in [5.41, 5.74) is -0.618. The number of carbonyl (C=O) groups excluding carboxylic acids is 1. The highest BCUT2D eigenvalue weighted by molar-refractivity contribution is 5.71. The van der Waals surface area contributed by atoms with Gasteiger partial charge in [0.1, 0.15) is 0 Å². The van der Waals surface area contributed by atoms with Crippen molar-refractivity contribution in [3.05, 3.63) is 0 Å². The molecule has 29 heavy (non-hydrogen) atoms. The van der Waals surface area contributed by atoms with Crippen LogP contribution in [0.2, 0.25) is 0 Å². The summed E-state index contributed by atoms with van der Waals surface area (Å²) in [5, 5.41) is 22.0. The van der Waals surface area contributed by atoms with Gasteiger partial charge in [-0.2, -0.15) is 0 Å². The molecule has 0 aromatic heterocycles. The molecule has 0 radical (unpaired) electrons. The molecule has 1 fully saturated rings. The summed E-state index contributed by atoms with van der Waals surface area (Å²) in [7, 11) is 0. The summed E-state index contributed by atoms with van der Waals surface area (Å²) < 4.78 is 5.07. The smallest absolute Gasteiger partial charge is 0.308 e. The van der Waals surface area contributed by atoms with E-state index in [0.29, 0.717) is 6.61 Å². The normalized spacial score (nSPS) is 25.0. The third-order valence-electron chi connectivity index (χ3n) is 7.16. The van der Waals surface area contributed by atoms with Gasteiger partial charge in [0, 0.05) is 0 Å². The van der Waals surface area contributed by atoms with Gasteiger partial charge in [0.25, 0.3) is 0 Å². The first-order valence-corrected chi connectivity index (χ1v) is 12.5. The highest BCUT2D eigenvalue weighted by Crippen LogP contribution is 2.45. The van der Waals surface area contributed by atoms with Gasteiger partial charge in [0.2, 0.25) is 0 Å². The van der Waals surface area contributed by atoms with Crippen LogP contribution in [0.15, 0.2) is 0 Å². The van der Waals surface area contributed by atoms with E-state index < -0.39 is 5.60 Å². The molecule has 172 valence electrons. The second kappa shape index (κ2) is 14.4. The first-order valence-electron chi connectivity index (χ1n) is 12.5. The molecule has 4 nitrogen and oxygen atoms in total. The van der Waals surface area contributed by atoms with Gasteiger partial charge in [-0.3, -0.25) is 4.79 Å². The molecule has 0 saturated heterocycles. The predicted molar refractivity (Wildman–Crippen MR) is 120 cm³/mol. The highest BCUT2D eigenvalue weighted by Gasteiger charge is 2.45. The maximum absolute atomic E-state index is 11.7. The zero-order chi connectivity index (χ0) is 21.7. The van der Waals surface area contributed by atoms with Crippen LogP contribution in [0.4, 0.5) is 0 Å². The second-order valence-electron chi connectivity index (χ2n) is 9.33. The summed E-state index contributed by atoms with van der Waals surface area (Å²) in [4.78, 5) is 11.7. The Labute approximate surface area is 179 Å². The van der Waals surface area contributed by atoms with E-state index in [0.717, 1.165) is 64.2 Å². The molecule has 1 rings (SSSR count). The summed E-state index contributed by atoms with van der Waals surface area (Å²) >= 11 is 0. The Balaban J connectivity index is 2.42. The molecule has 0 aliphatic heterocycles. The van der Waals surface area contributed by atoms with Crippen molar-refractivity contribution in [2.75, 3.05) is 6.61 Å². The van der Waals surface area contributed by atoms with Crippen molar-refractivity contribution < 1.29 is 19.7 Å². The summed E-state index contributed by atoms with van der Waals surface area (Å²) in [6.45, 7) is 8.56. The van der Waals surface area contributed by atoms with E-state index in [1.807, 2.05) is 13.8 Å². The molecule has 0 amide bonds. The molecule has 0 aromatic rings. The van der Waals surface area contributed by atoms with Crippen molar-refractivity contribution >= 4 is 5.97 Å². The molecule has 1 aliphatic carbocycles. The molecule has 0 aromatic carbocycles. The van der Waals surface area contributed by atoms with Gasteiger partial charge in [0.15, 0.2) is 0 Å². The average molecular weight is 413 g/mol. The third kappa shape index (κ3) is 8.96. The summed E-state index contributed by atoms with van der Waals surface area (Å²) in [6.07, 6.45) is 14.2. The minimum atomic E-state index is -0.618. The van der Waals surface area contributed by atoms with E-state index in [4.69, 9.17) is 4.74 Å². The Hall–Kier alpha value is -0.610. The van der Waals surface area contributed by atoms with Crippen molar-refractivity contribution in [2.24, 2.45) is 17.8 Å². The molecule has 1 saturated carbocycles. The lowest BCUT2D eigenvalue weighted by molar-refractivity contribution is -0.147. The van der Waals surface area contributed by atoms with Crippen LogP contribution in [0.5, 0.6) is 0 Å². The number of hydrogen-bond donors (Lipinski definition) is 2. The molecule has 4 heteroatoms. The van der Waals surface area contributed by atoms with Crippen LogP contribution in [0.3, 0.4) is 0 Å². The molecule has 5 atom stereocenters. The Kier molecular flexibility index (Phi) is 13.1. The van der Waals surface area contributed by atoms with E-state index in [9.17, 15) is 15.0 Å². The van der Waals surface area contributed by atoms with Crippen molar-refractivity contribution in [3.8, 4) is 0 Å². The Morgan fingerprint density at radius 2 is 1.72 bits per heavy atom. The maximum Gasteiger partial charge on any atom is 0.308 e. The average Bonchev–Trinajstić information content (AvgIpc) is 3.08. The minimum absolute atomic E-state index is 0.0299. The van der Waals surface area contributed by atoms with E-state index in [2.05, 4.69) is 13.8 Å². The lowest BCUT2D eigenvalue weighted by Crippen LogP contribution is -2.41. The lowest BCUT2D eigenvalue weighted by atomic mass is 9.73. The molecule has 0 spiro atoms. The van der Waals surface area contributed by atoms with E-state index in [1.54, 1.807) is 0 Å². The summed E-state index contributed by atoms with van der Waals surface area (Å²) in [5.74, 6) is 0.327. The third-order valence-corrected chi connectivity index (χ3v) is 7.16. The van der Waals surface area contributed by atoms with Gasteiger partial charge in [-0.25, -0.2) is 0 Å². The van der Waals surface area contributed by atoms with Gasteiger partial charge < -0.3 is 14.9 Å². The number of ether oxygens (including phenoxy) is 1. The maximum atomic E-state index is 11.7. The fourth-order valence-corrected chi connectivity index (χ4v) is 5.18. The summed E-state index contributed by atoms with van der Waals surface area (Å²) in [6, 6.07) is 0. The number of unbranched alkanes of at least 4 members (excludes halogenated alkanes) is 6. The lowest BCUT2D eigenvalue weighted by Gasteiger charge is -2.38. The second-order valence-corrected chi connectivity index (χ2v) is 9.33. The molecular formula is C25H48O4. The van der Waals surface area contributed by atoms with E-state index in [-0.39, 0.29) is 29.8 Å². The highest BCUT2D eigenvalue weighted by atomic mass is 16.5. The monoisotopic (exact) mass is 412 g/mol. The van der Waals surface area contributed by atoms with Crippen LogP contribution in [-0.2, 0) is 9.53 Å². The molecule has 2 N–H and O–H groups in total. The molecule has 1 aliphatic rings. The quantitative estimate of drug-likeness (QED) is 0.240. The van der Waals surface area contributed by atoms with Crippen molar-refractivity contribution in [3.63, 3.8) is 0 Å². The van der Waals surface area contributed by atoms with E-state index >= 15 is 0 Å². The van der Waals surface area contributed by atoms with Gasteiger partial charge in [-0.15, -0.1) is 0 Å². The first-order chi connectivity index (χ1) is 13.9.